The number of alkyl halides is 3. The topological polar surface area (TPSA) is 75.5 Å². The first-order chi connectivity index (χ1) is 12.2. The van der Waals surface area contributed by atoms with Crippen molar-refractivity contribution >= 4 is 17.3 Å². The first-order valence-electron chi connectivity index (χ1n) is 7.65. The van der Waals surface area contributed by atoms with E-state index in [0.717, 1.165) is 0 Å². The van der Waals surface area contributed by atoms with Crippen LogP contribution in [0.3, 0.4) is 0 Å². The summed E-state index contributed by atoms with van der Waals surface area (Å²) < 4.78 is 39.1. The van der Waals surface area contributed by atoms with Gasteiger partial charge >= 0.3 is 6.18 Å². The van der Waals surface area contributed by atoms with E-state index in [-0.39, 0.29) is 16.8 Å². The van der Waals surface area contributed by atoms with Crippen molar-refractivity contribution in [3.05, 3.63) is 69.3 Å². The van der Waals surface area contributed by atoms with Crippen LogP contribution in [0.25, 0.3) is 0 Å². The number of nitro benzene ring substituents is 1. The molecule has 6 nitrogen and oxygen atoms in total. The number of carbonyl (C=O) groups is 1. The highest BCUT2D eigenvalue weighted by Gasteiger charge is 2.41. The summed E-state index contributed by atoms with van der Waals surface area (Å²) in [6, 6.07) is 10.3. The quantitative estimate of drug-likeness (QED) is 0.658. The van der Waals surface area contributed by atoms with Crippen LogP contribution in [-0.2, 0) is 0 Å². The molecule has 0 saturated heterocycles. The molecule has 2 aromatic rings. The summed E-state index contributed by atoms with van der Waals surface area (Å²) in [5.74, 6) is -0.787. The molecule has 9 heteroatoms. The lowest BCUT2D eigenvalue weighted by molar-refractivity contribution is -0.385. The number of fused-ring (bicyclic) bond motifs is 1. The summed E-state index contributed by atoms with van der Waals surface area (Å²) >= 11 is 0. The van der Waals surface area contributed by atoms with Crippen LogP contribution < -0.4 is 5.32 Å². The normalized spacial score (nSPS) is 16.8. The smallest absolute Gasteiger partial charge is 0.361 e. The predicted octanol–water partition coefficient (Wildman–Crippen LogP) is 4.03. The van der Waals surface area contributed by atoms with E-state index in [2.05, 4.69) is 5.32 Å². The number of hydrogen-bond acceptors (Lipinski definition) is 4. The molecule has 0 unspecified atom stereocenters. The Morgan fingerprint density at radius 2 is 1.92 bits per heavy atom. The van der Waals surface area contributed by atoms with Crippen LogP contribution in [0.2, 0.25) is 0 Å². The molecule has 0 fully saturated rings. The van der Waals surface area contributed by atoms with Crippen molar-refractivity contribution in [3.63, 3.8) is 0 Å². The van der Waals surface area contributed by atoms with Gasteiger partial charge in [0.05, 0.1) is 10.5 Å². The van der Waals surface area contributed by atoms with Crippen LogP contribution in [0.15, 0.2) is 42.5 Å². The Hall–Kier alpha value is -3.10. The van der Waals surface area contributed by atoms with Crippen molar-refractivity contribution in [1.82, 2.24) is 4.90 Å². The van der Waals surface area contributed by atoms with Crippen LogP contribution in [0, 0.1) is 17.0 Å². The van der Waals surface area contributed by atoms with Gasteiger partial charge in [-0.2, -0.15) is 13.2 Å². The van der Waals surface area contributed by atoms with Crippen LogP contribution in [0.5, 0.6) is 0 Å². The molecule has 3 rings (SSSR count). The second kappa shape index (κ2) is 6.32. The molecule has 0 aromatic heterocycles. The Bertz CT molecular complexity index is 883. The van der Waals surface area contributed by atoms with Crippen molar-refractivity contribution in [2.24, 2.45) is 0 Å². The van der Waals surface area contributed by atoms with Gasteiger partial charge in [-0.1, -0.05) is 24.3 Å². The summed E-state index contributed by atoms with van der Waals surface area (Å²) in [5.41, 5.74) is 0.861. The maximum absolute atomic E-state index is 13.0. The van der Waals surface area contributed by atoms with Crippen LogP contribution >= 0.6 is 0 Å². The molecule has 1 aliphatic heterocycles. The van der Waals surface area contributed by atoms with Gasteiger partial charge in [-0.15, -0.1) is 0 Å². The molecule has 0 bridgehead atoms. The number of anilines is 1. The van der Waals surface area contributed by atoms with Crippen molar-refractivity contribution in [1.29, 1.82) is 0 Å². The van der Waals surface area contributed by atoms with Gasteiger partial charge in [-0.05, 0) is 19.1 Å². The Balaban J connectivity index is 2.09. The summed E-state index contributed by atoms with van der Waals surface area (Å²) in [5, 5.41) is 14.0. The number of halogens is 3. The molecule has 0 saturated carbocycles. The number of para-hydroxylation sites is 1. The number of nitrogens with one attached hydrogen (secondary N) is 1. The maximum Gasteiger partial charge on any atom is 0.406 e. The molecule has 136 valence electrons. The standard InChI is InChI=1S/C17H14F3N3O3/c1-10-6-7-11(8-14(10)23(25)26)15-21-13-5-3-2-4-12(13)16(24)22(15)9-17(18,19)20/h2-8,15,21H,9H2,1H3/t15-/m0/s1. The monoisotopic (exact) mass is 365 g/mol. The van der Waals surface area contributed by atoms with E-state index < -0.39 is 29.7 Å². The molecule has 1 amide bonds. The predicted molar refractivity (Wildman–Crippen MR) is 87.7 cm³/mol. The molecular formula is C17H14F3N3O3. The van der Waals surface area contributed by atoms with E-state index in [1.54, 1.807) is 18.2 Å². The zero-order chi connectivity index (χ0) is 19.1. The molecular weight excluding hydrogens is 351 g/mol. The van der Waals surface area contributed by atoms with Gasteiger partial charge < -0.3 is 10.2 Å². The van der Waals surface area contributed by atoms with E-state index >= 15 is 0 Å². The van der Waals surface area contributed by atoms with Crippen LogP contribution in [-0.4, -0.2) is 28.5 Å². The highest BCUT2D eigenvalue weighted by molar-refractivity contribution is 6.01. The molecule has 1 atom stereocenters. The highest BCUT2D eigenvalue weighted by atomic mass is 19.4. The second-order valence-corrected chi connectivity index (χ2v) is 5.94. The number of aryl methyl sites for hydroxylation is 1. The summed E-state index contributed by atoms with van der Waals surface area (Å²) in [6.07, 6.45) is -5.78. The summed E-state index contributed by atoms with van der Waals surface area (Å²) in [6.45, 7) is 0.0592. The minimum Gasteiger partial charge on any atom is -0.361 e. The van der Waals surface area contributed by atoms with E-state index in [9.17, 15) is 28.1 Å². The Morgan fingerprint density at radius 3 is 2.58 bits per heavy atom. The van der Waals surface area contributed by atoms with E-state index in [4.69, 9.17) is 0 Å². The van der Waals surface area contributed by atoms with E-state index in [1.807, 2.05) is 0 Å². The van der Waals surface area contributed by atoms with Crippen LogP contribution in [0.4, 0.5) is 24.5 Å². The third-order valence-corrected chi connectivity index (χ3v) is 4.12. The van der Waals surface area contributed by atoms with Gasteiger partial charge in [-0.3, -0.25) is 14.9 Å². The Morgan fingerprint density at radius 1 is 1.23 bits per heavy atom. The minimum absolute atomic E-state index is 0.120. The fourth-order valence-electron chi connectivity index (χ4n) is 2.91. The number of amides is 1. The molecule has 0 spiro atoms. The first kappa shape index (κ1) is 17.7. The van der Waals surface area contributed by atoms with Gasteiger partial charge in [-0.25, -0.2) is 0 Å². The molecule has 0 aliphatic carbocycles. The van der Waals surface area contributed by atoms with E-state index in [0.29, 0.717) is 16.2 Å². The minimum atomic E-state index is -4.61. The van der Waals surface area contributed by atoms with E-state index in [1.165, 1.54) is 31.2 Å². The number of nitrogens with zero attached hydrogens (tertiary/aromatic N) is 2. The van der Waals surface area contributed by atoms with Gasteiger partial charge in [0.1, 0.15) is 12.7 Å². The molecule has 2 aromatic carbocycles. The summed E-state index contributed by atoms with van der Waals surface area (Å²) in [4.78, 5) is 23.8. The lowest BCUT2D eigenvalue weighted by atomic mass is 10.0. The Kier molecular flexibility index (Phi) is 4.31. The zero-order valence-corrected chi connectivity index (χ0v) is 13.6. The SMILES string of the molecule is Cc1ccc([C@H]2Nc3ccccc3C(=O)N2CC(F)(F)F)cc1[N+](=O)[O-]. The van der Waals surface area contributed by atoms with Crippen LogP contribution in [0.1, 0.15) is 27.7 Å². The zero-order valence-electron chi connectivity index (χ0n) is 13.6. The van der Waals surface area contributed by atoms with Gasteiger partial charge in [0.15, 0.2) is 0 Å². The van der Waals surface area contributed by atoms with Crippen molar-refractivity contribution in [2.75, 3.05) is 11.9 Å². The van der Waals surface area contributed by atoms with Gasteiger partial charge in [0, 0.05) is 22.9 Å². The molecule has 26 heavy (non-hydrogen) atoms. The Labute approximate surface area is 146 Å². The number of hydrogen-bond donors (Lipinski definition) is 1. The molecule has 1 aliphatic rings. The second-order valence-electron chi connectivity index (χ2n) is 5.94. The number of nitro groups is 1. The third-order valence-electron chi connectivity index (χ3n) is 4.12. The fraction of sp³-hybridized carbons (Fsp3) is 0.235. The van der Waals surface area contributed by atoms with Gasteiger partial charge in [0.2, 0.25) is 0 Å². The molecule has 0 radical (unpaired) electrons. The maximum atomic E-state index is 13.0. The van der Waals surface area contributed by atoms with Crippen molar-refractivity contribution in [2.45, 2.75) is 19.3 Å². The highest BCUT2D eigenvalue weighted by Crippen LogP contribution is 2.36. The summed E-state index contributed by atoms with van der Waals surface area (Å²) in [7, 11) is 0. The average molecular weight is 365 g/mol. The lowest BCUT2D eigenvalue weighted by Gasteiger charge is -2.38. The fourth-order valence-corrected chi connectivity index (χ4v) is 2.91. The van der Waals surface area contributed by atoms with Crippen molar-refractivity contribution < 1.29 is 22.9 Å². The number of benzene rings is 2. The van der Waals surface area contributed by atoms with Gasteiger partial charge in [0.25, 0.3) is 11.6 Å². The largest absolute Gasteiger partial charge is 0.406 e. The average Bonchev–Trinajstić information content (AvgIpc) is 2.56. The van der Waals surface area contributed by atoms with Crippen molar-refractivity contribution in [3.8, 4) is 0 Å². The molecule has 1 heterocycles. The first-order valence-corrected chi connectivity index (χ1v) is 7.65. The lowest BCUT2D eigenvalue weighted by Crippen LogP contribution is -2.47. The molecule has 1 N–H and O–H groups in total. The number of carbonyl (C=O) groups excluding carboxylic acids is 1. The number of rotatable bonds is 3. The third kappa shape index (κ3) is 3.32.